The van der Waals surface area contributed by atoms with Gasteiger partial charge in [-0.2, -0.15) is 0 Å². The molecule has 1 aliphatic heterocycles. The summed E-state index contributed by atoms with van der Waals surface area (Å²) in [4.78, 5) is 20.4. The molecule has 30 heavy (non-hydrogen) atoms. The van der Waals surface area contributed by atoms with E-state index >= 15 is 0 Å². The molecule has 0 atom stereocenters. The second-order valence-electron chi connectivity index (χ2n) is 8.00. The van der Waals surface area contributed by atoms with E-state index in [9.17, 15) is 13.2 Å². The number of carbonyl (C=O) groups is 1. The highest BCUT2D eigenvalue weighted by Crippen LogP contribution is 2.34. The van der Waals surface area contributed by atoms with E-state index in [1.165, 1.54) is 22.1 Å². The van der Waals surface area contributed by atoms with E-state index in [-0.39, 0.29) is 5.91 Å². The van der Waals surface area contributed by atoms with Gasteiger partial charge in [0.15, 0.2) is 0 Å². The number of nitrogens with zero attached hydrogens (tertiary/aromatic N) is 4. The van der Waals surface area contributed by atoms with Crippen LogP contribution in [0, 0.1) is 13.8 Å². The number of hydrogen-bond acceptors (Lipinski definition) is 5. The van der Waals surface area contributed by atoms with Crippen molar-refractivity contribution in [3.8, 4) is 10.7 Å². The highest BCUT2D eigenvalue weighted by molar-refractivity contribution is 7.89. The van der Waals surface area contributed by atoms with Gasteiger partial charge in [-0.25, -0.2) is 17.7 Å². The number of piperidine rings is 1. The first-order valence-electron chi connectivity index (χ1n) is 10.6. The molecule has 0 unspecified atom stereocenters. The maximum Gasteiger partial charge on any atom is 0.265 e. The Bertz CT molecular complexity index is 1020. The Morgan fingerprint density at radius 1 is 1.23 bits per heavy atom. The lowest BCUT2D eigenvalue weighted by Gasteiger charge is -2.26. The van der Waals surface area contributed by atoms with Crippen LogP contribution in [0.4, 0.5) is 0 Å². The number of likely N-dealkylation sites (tertiary alicyclic amines) is 1. The Morgan fingerprint density at radius 3 is 2.53 bits per heavy atom. The van der Waals surface area contributed by atoms with Gasteiger partial charge >= 0.3 is 0 Å². The number of hydrogen-bond donors (Lipinski definition) is 0. The average Bonchev–Trinajstić information content (AvgIpc) is 3.26. The molecule has 0 radical (unpaired) electrons. The minimum absolute atomic E-state index is 0.0361. The normalized spacial score (nSPS) is 15.2. The molecule has 0 saturated carbocycles. The number of amides is 1. The highest BCUT2D eigenvalue weighted by Gasteiger charge is 2.28. The first-order valence-corrected chi connectivity index (χ1v) is 12.8. The Balaban J connectivity index is 1.94. The summed E-state index contributed by atoms with van der Waals surface area (Å²) in [7, 11) is -0.103. The molecule has 0 aliphatic carbocycles. The lowest BCUT2D eigenvalue weighted by Crippen LogP contribution is -2.35. The summed E-state index contributed by atoms with van der Waals surface area (Å²) in [5.74, 6) is 0.0361. The fourth-order valence-electron chi connectivity index (χ4n) is 3.75. The zero-order valence-electron chi connectivity index (χ0n) is 18.6. The predicted molar refractivity (Wildman–Crippen MR) is 120 cm³/mol. The molecule has 0 bridgehead atoms. The molecular formula is C21H32N4O3S2. The van der Waals surface area contributed by atoms with Gasteiger partial charge in [-0.3, -0.25) is 4.79 Å². The second-order valence-corrected chi connectivity index (χ2v) is 11.0. The minimum Gasteiger partial charge on any atom is -0.345 e. The van der Waals surface area contributed by atoms with Gasteiger partial charge in [0.1, 0.15) is 14.8 Å². The van der Waals surface area contributed by atoms with Crippen LogP contribution < -0.4 is 0 Å². The molecule has 0 aromatic carbocycles. The van der Waals surface area contributed by atoms with Crippen molar-refractivity contribution in [2.75, 3.05) is 26.7 Å². The molecular weight excluding hydrogens is 420 g/mol. The smallest absolute Gasteiger partial charge is 0.265 e. The van der Waals surface area contributed by atoms with E-state index in [2.05, 4.69) is 4.98 Å². The van der Waals surface area contributed by atoms with Gasteiger partial charge in [0.05, 0.1) is 11.4 Å². The Hall–Kier alpha value is -1.71. The molecule has 3 heterocycles. The van der Waals surface area contributed by atoms with Gasteiger partial charge in [0, 0.05) is 39.4 Å². The van der Waals surface area contributed by atoms with E-state index in [1.807, 2.05) is 37.3 Å². The third-order valence-corrected chi connectivity index (χ3v) is 9.00. The van der Waals surface area contributed by atoms with Crippen LogP contribution in [0.2, 0.25) is 0 Å². The van der Waals surface area contributed by atoms with Crippen LogP contribution >= 0.6 is 11.3 Å². The molecule has 7 nitrogen and oxygen atoms in total. The van der Waals surface area contributed by atoms with Crippen LogP contribution in [0.15, 0.2) is 11.0 Å². The van der Waals surface area contributed by atoms with Crippen LogP contribution in [0.5, 0.6) is 0 Å². The third-order valence-electron chi connectivity index (χ3n) is 5.86. The number of aromatic nitrogens is 2. The van der Waals surface area contributed by atoms with Crippen molar-refractivity contribution in [2.45, 2.75) is 57.8 Å². The first-order chi connectivity index (χ1) is 14.2. The molecule has 9 heteroatoms. The van der Waals surface area contributed by atoms with E-state index in [0.29, 0.717) is 32.7 Å². The molecule has 2 aromatic heterocycles. The number of rotatable bonds is 7. The highest BCUT2D eigenvalue weighted by atomic mass is 32.2. The van der Waals surface area contributed by atoms with Gasteiger partial charge in [-0.1, -0.05) is 13.3 Å². The Morgan fingerprint density at radius 2 is 1.90 bits per heavy atom. The summed E-state index contributed by atoms with van der Waals surface area (Å²) in [6, 6.07) is 1.69. The molecule has 166 valence electrons. The summed E-state index contributed by atoms with van der Waals surface area (Å²) >= 11 is 1.35. The fraction of sp³-hybridized carbons (Fsp3) is 0.619. The summed E-state index contributed by atoms with van der Waals surface area (Å²) in [6.45, 7) is 7.78. The Kier molecular flexibility index (Phi) is 7.04. The lowest BCUT2D eigenvalue weighted by atomic mass is 10.1. The van der Waals surface area contributed by atoms with Crippen LogP contribution in [0.3, 0.4) is 0 Å². The van der Waals surface area contributed by atoms with Crippen LogP contribution in [-0.4, -0.2) is 59.8 Å². The third kappa shape index (κ3) is 4.33. The minimum atomic E-state index is -3.57. The average molecular weight is 453 g/mol. The maximum atomic E-state index is 13.1. The quantitative estimate of drug-likeness (QED) is 0.640. The first kappa shape index (κ1) is 23.0. The van der Waals surface area contributed by atoms with E-state index in [0.717, 1.165) is 44.5 Å². The fourth-order valence-corrected chi connectivity index (χ4v) is 6.31. The van der Waals surface area contributed by atoms with Crippen LogP contribution in [-0.2, 0) is 17.1 Å². The van der Waals surface area contributed by atoms with Gasteiger partial charge in [-0.15, -0.1) is 11.3 Å². The summed E-state index contributed by atoms with van der Waals surface area (Å²) in [6.07, 6.45) is 5.01. The van der Waals surface area contributed by atoms with Crippen molar-refractivity contribution in [3.05, 3.63) is 22.3 Å². The standard InChI is InChI=1S/C21H32N4O3S2/c1-6-7-11-23(4)30(27,28)18-14-17(24(5)16(18)3)20-22-15(2)19(29-20)21(26)25-12-9-8-10-13-25/h14H,6-13H2,1-5H3. The van der Waals surface area contributed by atoms with Crippen LogP contribution in [0.1, 0.15) is 60.1 Å². The number of sulfonamides is 1. The van der Waals surface area contributed by atoms with E-state index < -0.39 is 10.0 Å². The van der Waals surface area contributed by atoms with Gasteiger partial charge in [-0.05, 0) is 45.6 Å². The number of unbranched alkanes of at least 4 members (excludes halogenated alkanes) is 1. The maximum absolute atomic E-state index is 13.1. The molecule has 0 spiro atoms. The van der Waals surface area contributed by atoms with Crippen molar-refractivity contribution in [3.63, 3.8) is 0 Å². The van der Waals surface area contributed by atoms with E-state index in [1.54, 1.807) is 13.1 Å². The van der Waals surface area contributed by atoms with Crippen LogP contribution in [0.25, 0.3) is 10.7 Å². The summed E-state index contributed by atoms with van der Waals surface area (Å²) in [5.41, 5.74) is 2.10. The molecule has 1 saturated heterocycles. The van der Waals surface area contributed by atoms with Gasteiger partial charge in [0.25, 0.3) is 5.91 Å². The molecule has 2 aromatic rings. The molecule has 1 aliphatic rings. The van der Waals surface area contributed by atoms with Crippen molar-refractivity contribution in [1.29, 1.82) is 0 Å². The second kappa shape index (κ2) is 9.20. The van der Waals surface area contributed by atoms with Crippen molar-refractivity contribution >= 4 is 27.3 Å². The number of aryl methyl sites for hydroxylation is 1. The van der Waals surface area contributed by atoms with Crippen molar-refractivity contribution < 1.29 is 13.2 Å². The van der Waals surface area contributed by atoms with Gasteiger partial charge < -0.3 is 9.47 Å². The summed E-state index contributed by atoms with van der Waals surface area (Å²) < 4.78 is 29.4. The molecule has 1 fully saturated rings. The Labute approximate surface area is 183 Å². The number of thiazole rings is 1. The number of carbonyl (C=O) groups excluding carboxylic acids is 1. The molecule has 0 N–H and O–H groups in total. The predicted octanol–water partition coefficient (Wildman–Crippen LogP) is 3.81. The largest absolute Gasteiger partial charge is 0.345 e. The topological polar surface area (TPSA) is 75.5 Å². The van der Waals surface area contributed by atoms with E-state index in [4.69, 9.17) is 0 Å². The molecule has 1 amide bonds. The monoisotopic (exact) mass is 452 g/mol. The zero-order chi connectivity index (χ0) is 22.1. The SMILES string of the molecule is CCCCN(C)S(=O)(=O)c1cc(-c2nc(C)c(C(=O)N3CCCCC3)s2)n(C)c1C. The van der Waals surface area contributed by atoms with Gasteiger partial charge in [0.2, 0.25) is 10.0 Å². The van der Waals surface area contributed by atoms with Crippen molar-refractivity contribution in [2.24, 2.45) is 7.05 Å². The zero-order valence-corrected chi connectivity index (χ0v) is 20.2. The van der Waals surface area contributed by atoms with Crippen molar-refractivity contribution in [1.82, 2.24) is 18.8 Å². The lowest BCUT2D eigenvalue weighted by molar-refractivity contribution is 0.0728. The summed E-state index contributed by atoms with van der Waals surface area (Å²) in [5, 5.41) is 0.677. The molecule has 3 rings (SSSR count).